The Morgan fingerprint density at radius 3 is 3.00 bits per heavy atom. The predicted octanol–water partition coefficient (Wildman–Crippen LogP) is 0.872. The molecule has 0 spiro atoms. The molecule has 0 aromatic carbocycles. The molecule has 3 atom stereocenters. The van der Waals surface area contributed by atoms with Gasteiger partial charge in [-0.2, -0.15) is 4.98 Å². The number of nitrogens with zero attached hydrogens (tertiary/aromatic N) is 3. The summed E-state index contributed by atoms with van der Waals surface area (Å²) in [5, 5.41) is 3.82. The molecule has 3 unspecified atom stereocenters. The Hall–Kier alpha value is -0.900. The molecule has 0 amide bonds. The normalized spacial score (nSPS) is 35.4. The Balaban J connectivity index is 1.68. The SMILES string of the molecule is Cc1noc(CC2CN3CCC2C3)n1. The van der Waals surface area contributed by atoms with Gasteiger partial charge < -0.3 is 9.42 Å². The highest BCUT2D eigenvalue weighted by Gasteiger charge is 2.38. The summed E-state index contributed by atoms with van der Waals surface area (Å²) in [5.41, 5.74) is 0. The quantitative estimate of drug-likeness (QED) is 0.699. The zero-order valence-electron chi connectivity index (χ0n) is 8.44. The average molecular weight is 193 g/mol. The van der Waals surface area contributed by atoms with E-state index >= 15 is 0 Å². The van der Waals surface area contributed by atoms with Crippen LogP contribution in [0.2, 0.25) is 0 Å². The molecule has 3 rings (SSSR count). The lowest BCUT2D eigenvalue weighted by Crippen LogP contribution is -2.24. The van der Waals surface area contributed by atoms with Crippen LogP contribution in [0.1, 0.15) is 18.1 Å². The van der Waals surface area contributed by atoms with Crippen molar-refractivity contribution in [3.05, 3.63) is 11.7 Å². The van der Waals surface area contributed by atoms with Crippen LogP contribution in [0.15, 0.2) is 4.52 Å². The van der Waals surface area contributed by atoms with E-state index in [-0.39, 0.29) is 0 Å². The molecule has 0 radical (unpaired) electrons. The Morgan fingerprint density at radius 1 is 1.50 bits per heavy atom. The fourth-order valence-electron chi connectivity index (χ4n) is 2.77. The minimum absolute atomic E-state index is 0.753. The summed E-state index contributed by atoms with van der Waals surface area (Å²) in [6.45, 7) is 5.69. The zero-order chi connectivity index (χ0) is 9.54. The van der Waals surface area contributed by atoms with Crippen molar-refractivity contribution in [1.29, 1.82) is 0 Å². The molecule has 1 aromatic heterocycles. The summed E-state index contributed by atoms with van der Waals surface area (Å²) in [4.78, 5) is 6.80. The number of aromatic nitrogens is 2. The number of rotatable bonds is 2. The van der Waals surface area contributed by atoms with Crippen LogP contribution in [0, 0.1) is 18.8 Å². The van der Waals surface area contributed by atoms with Gasteiger partial charge in [-0.25, -0.2) is 0 Å². The summed E-state index contributed by atoms with van der Waals surface area (Å²) in [7, 11) is 0. The van der Waals surface area contributed by atoms with Crippen LogP contribution < -0.4 is 0 Å². The van der Waals surface area contributed by atoms with E-state index in [9.17, 15) is 0 Å². The van der Waals surface area contributed by atoms with Crippen LogP contribution in [-0.4, -0.2) is 34.7 Å². The first-order valence-corrected chi connectivity index (χ1v) is 5.33. The van der Waals surface area contributed by atoms with Gasteiger partial charge in [-0.05, 0) is 31.7 Å². The van der Waals surface area contributed by atoms with E-state index < -0.39 is 0 Å². The van der Waals surface area contributed by atoms with Gasteiger partial charge in [0.25, 0.3) is 0 Å². The maximum atomic E-state index is 5.15. The van der Waals surface area contributed by atoms with E-state index in [0.29, 0.717) is 0 Å². The second kappa shape index (κ2) is 3.05. The number of hydrogen-bond donors (Lipinski definition) is 0. The highest BCUT2D eigenvalue weighted by atomic mass is 16.5. The van der Waals surface area contributed by atoms with Crippen molar-refractivity contribution in [3.63, 3.8) is 0 Å². The van der Waals surface area contributed by atoms with Crippen molar-refractivity contribution in [3.8, 4) is 0 Å². The molecule has 2 aliphatic heterocycles. The first-order chi connectivity index (χ1) is 6.81. The van der Waals surface area contributed by atoms with Gasteiger partial charge in [0.05, 0.1) is 0 Å². The summed E-state index contributed by atoms with van der Waals surface area (Å²) in [6, 6.07) is 0. The standard InChI is InChI=1S/C10H15N3O/c1-7-11-10(14-12-7)4-9-6-13-3-2-8(9)5-13/h8-9H,2-6H2,1H3. The Bertz CT molecular complexity index is 336. The van der Waals surface area contributed by atoms with Gasteiger partial charge in [-0.15, -0.1) is 0 Å². The molecule has 0 saturated carbocycles. The zero-order valence-corrected chi connectivity index (χ0v) is 8.44. The molecule has 14 heavy (non-hydrogen) atoms. The molecule has 4 nitrogen and oxygen atoms in total. The van der Waals surface area contributed by atoms with Gasteiger partial charge in [0.2, 0.25) is 5.89 Å². The van der Waals surface area contributed by atoms with E-state index in [2.05, 4.69) is 15.0 Å². The number of aryl methyl sites for hydroxylation is 1. The fraction of sp³-hybridized carbons (Fsp3) is 0.800. The van der Waals surface area contributed by atoms with E-state index in [4.69, 9.17) is 4.52 Å². The third-order valence-corrected chi connectivity index (χ3v) is 3.47. The predicted molar refractivity (Wildman–Crippen MR) is 50.8 cm³/mol. The van der Waals surface area contributed by atoms with Gasteiger partial charge in [0, 0.05) is 19.5 Å². The minimum Gasteiger partial charge on any atom is -0.339 e. The molecule has 2 aliphatic rings. The van der Waals surface area contributed by atoms with Crippen molar-refractivity contribution in [1.82, 2.24) is 15.0 Å². The molecule has 2 bridgehead atoms. The first kappa shape index (κ1) is 8.41. The molecule has 1 aromatic rings. The molecule has 4 heteroatoms. The smallest absolute Gasteiger partial charge is 0.226 e. The van der Waals surface area contributed by atoms with Crippen LogP contribution in [-0.2, 0) is 6.42 Å². The summed E-state index contributed by atoms with van der Waals surface area (Å²) in [6.07, 6.45) is 2.33. The highest BCUT2D eigenvalue weighted by molar-refractivity contribution is 4.95. The third-order valence-electron chi connectivity index (χ3n) is 3.47. The minimum atomic E-state index is 0.753. The molecular weight excluding hydrogens is 178 g/mol. The second-order valence-corrected chi connectivity index (χ2v) is 4.51. The van der Waals surface area contributed by atoms with Crippen LogP contribution in [0.4, 0.5) is 0 Å². The molecule has 76 valence electrons. The monoisotopic (exact) mass is 193 g/mol. The maximum absolute atomic E-state index is 5.15. The Labute approximate surface area is 83.3 Å². The average Bonchev–Trinajstić information content (AvgIpc) is 2.82. The Kier molecular flexibility index (Phi) is 1.83. The topological polar surface area (TPSA) is 42.2 Å². The van der Waals surface area contributed by atoms with Crippen molar-refractivity contribution in [2.75, 3.05) is 19.6 Å². The fourth-order valence-corrected chi connectivity index (χ4v) is 2.77. The van der Waals surface area contributed by atoms with Crippen molar-refractivity contribution < 1.29 is 4.52 Å². The number of piperidine rings is 1. The number of hydrogen-bond acceptors (Lipinski definition) is 4. The van der Waals surface area contributed by atoms with Crippen LogP contribution in [0.3, 0.4) is 0 Å². The Morgan fingerprint density at radius 2 is 2.43 bits per heavy atom. The van der Waals surface area contributed by atoms with Crippen molar-refractivity contribution in [2.45, 2.75) is 19.8 Å². The molecule has 3 heterocycles. The largest absolute Gasteiger partial charge is 0.339 e. The molecular formula is C10H15N3O. The first-order valence-electron chi connectivity index (χ1n) is 5.33. The maximum Gasteiger partial charge on any atom is 0.226 e. The second-order valence-electron chi connectivity index (χ2n) is 4.51. The lowest BCUT2D eigenvalue weighted by Gasteiger charge is -2.20. The summed E-state index contributed by atoms with van der Waals surface area (Å²) < 4.78 is 5.15. The van der Waals surface area contributed by atoms with Crippen LogP contribution in [0.5, 0.6) is 0 Å². The van der Waals surface area contributed by atoms with Crippen molar-refractivity contribution in [2.24, 2.45) is 11.8 Å². The summed E-state index contributed by atoms with van der Waals surface area (Å²) in [5.74, 6) is 3.20. The van der Waals surface area contributed by atoms with Crippen LogP contribution >= 0.6 is 0 Å². The van der Waals surface area contributed by atoms with Gasteiger partial charge in [-0.1, -0.05) is 5.16 Å². The molecule has 0 aliphatic carbocycles. The van der Waals surface area contributed by atoms with E-state index in [0.717, 1.165) is 30.0 Å². The number of fused-ring (bicyclic) bond motifs is 2. The van der Waals surface area contributed by atoms with Crippen molar-refractivity contribution >= 4 is 0 Å². The van der Waals surface area contributed by atoms with Crippen LogP contribution in [0.25, 0.3) is 0 Å². The lowest BCUT2D eigenvalue weighted by atomic mass is 9.90. The summed E-state index contributed by atoms with van der Waals surface area (Å²) >= 11 is 0. The molecule has 0 N–H and O–H groups in total. The van der Waals surface area contributed by atoms with Gasteiger partial charge in [0.15, 0.2) is 5.82 Å². The highest BCUT2D eigenvalue weighted by Crippen LogP contribution is 2.34. The van der Waals surface area contributed by atoms with Gasteiger partial charge >= 0.3 is 0 Å². The van der Waals surface area contributed by atoms with Gasteiger partial charge in [-0.3, -0.25) is 0 Å². The molecule has 2 saturated heterocycles. The van der Waals surface area contributed by atoms with E-state index in [1.807, 2.05) is 6.92 Å². The van der Waals surface area contributed by atoms with E-state index in [1.165, 1.54) is 26.1 Å². The molecule has 2 fully saturated rings. The van der Waals surface area contributed by atoms with E-state index in [1.54, 1.807) is 0 Å². The van der Waals surface area contributed by atoms with Gasteiger partial charge in [0.1, 0.15) is 0 Å². The third kappa shape index (κ3) is 1.34. The lowest BCUT2D eigenvalue weighted by molar-refractivity contribution is 0.274.